The van der Waals surface area contributed by atoms with Crippen molar-refractivity contribution in [3.63, 3.8) is 0 Å². The molecule has 0 saturated carbocycles. The second kappa shape index (κ2) is 6.97. The number of hydrogen-bond donors (Lipinski definition) is 0. The number of urea groups is 1. The Balaban J connectivity index is 1.88. The van der Waals surface area contributed by atoms with Gasteiger partial charge in [0.05, 0.1) is 17.3 Å². The van der Waals surface area contributed by atoms with Crippen LogP contribution in [0.2, 0.25) is 5.02 Å². The molecule has 1 saturated heterocycles. The van der Waals surface area contributed by atoms with E-state index >= 15 is 0 Å². The van der Waals surface area contributed by atoms with Crippen molar-refractivity contribution in [3.8, 4) is 5.75 Å². The number of anilines is 1. The molecule has 0 aliphatic carbocycles. The minimum atomic E-state index is -4.83. The van der Waals surface area contributed by atoms with Gasteiger partial charge in [-0.2, -0.15) is 0 Å². The fourth-order valence-electron chi connectivity index (χ4n) is 2.83. The van der Waals surface area contributed by atoms with Crippen LogP contribution in [0.25, 0.3) is 0 Å². The number of halogens is 4. The van der Waals surface area contributed by atoms with Crippen LogP contribution in [0, 0.1) is 0 Å². The number of pyridine rings is 1. The molecule has 2 aromatic rings. The number of benzene rings is 1. The third kappa shape index (κ3) is 3.75. The summed E-state index contributed by atoms with van der Waals surface area (Å²) in [5, 5.41) is 0.352. The predicted molar refractivity (Wildman–Crippen MR) is 94.9 cm³/mol. The summed E-state index contributed by atoms with van der Waals surface area (Å²) in [7, 11) is 0. The van der Waals surface area contributed by atoms with E-state index in [-0.39, 0.29) is 12.2 Å². The Labute approximate surface area is 163 Å². The average Bonchev–Trinajstić information content (AvgIpc) is 2.76. The summed E-state index contributed by atoms with van der Waals surface area (Å²) in [6.07, 6.45) is -1.87. The van der Waals surface area contributed by atoms with Gasteiger partial charge in [0.15, 0.2) is 0 Å². The third-order valence-electron chi connectivity index (χ3n) is 4.34. The van der Waals surface area contributed by atoms with E-state index in [1.807, 2.05) is 0 Å². The molecule has 1 aliphatic heterocycles. The van der Waals surface area contributed by atoms with Crippen molar-refractivity contribution in [1.82, 2.24) is 9.88 Å². The normalized spacial score (nSPS) is 16.6. The van der Waals surface area contributed by atoms with Crippen LogP contribution in [-0.2, 0) is 11.3 Å². The Morgan fingerprint density at radius 1 is 1.14 bits per heavy atom. The number of rotatable bonds is 4. The van der Waals surface area contributed by atoms with Crippen LogP contribution in [0.15, 0.2) is 42.7 Å². The number of amides is 3. The molecule has 1 aromatic heterocycles. The zero-order valence-corrected chi connectivity index (χ0v) is 15.6. The number of carbonyl (C=O) groups is 2. The molecule has 0 N–H and O–H groups in total. The van der Waals surface area contributed by atoms with Crippen LogP contribution >= 0.6 is 11.6 Å². The van der Waals surface area contributed by atoms with Crippen LogP contribution in [0.5, 0.6) is 5.75 Å². The Kier molecular flexibility index (Phi) is 4.97. The van der Waals surface area contributed by atoms with Gasteiger partial charge >= 0.3 is 12.4 Å². The van der Waals surface area contributed by atoms with Crippen LogP contribution < -0.4 is 9.64 Å². The van der Waals surface area contributed by atoms with Gasteiger partial charge in [-0.05, 0) is 49.7 Å². The van der Waals surface area contributed by atoms with Gasteiger partial charge in [0, 0.05) is 12.4 Å². The molecule has 0 spiro atoms. The summed E-state index contributed by atoms with van der Waals surface area (Å²) >= 11 is 6.10. The van der Waals surface area contributed by atoms with E-state index < -0.39 is 29.6 Å². The van der Waals surface area contributed by atoms with Gasteiger partial charge in [0.1, 0.15) is 11.3 Å². The van der Waals surface area contributed by atoms with Gasteiger partial charge in [-0.15, -0.1) is 13.2 Å². The van der Waals surface area contributed by atoms with Gasteiger partial charge in [0.2, 0.25) is 0 Å². The van der Waals surface area contributed by atoms with Gasteiger partial charge < -0.3 is 9.64 Å². The number of carbonyl (C=O) groups excluding carboxylic acids is 2. The highest BCUT2D eigenvalue weighted by Crippen LogP contribution is 2.35. The second-order valence-electron chi connectivity index (χ2n) is 6.58. The molecular weight excluding hydrogens is 399 g/mol. The van der Waals surface area contributed by atoms with E-state index in [9.17, 15) is 22.8 Å². The van der Waals surface area contributed by atoms with E-state index in [4.69, 9.17) is 11.6 Å². The lowest BCUT2D eigenvalue weighted by Crippen LogP contribution is -2.43. The average molecular weight is 414 g/mol. The highest BCUT2D eigenvalue weighted by atomic mass is 35.5. The Morgan fingerprint density at radius 2 is 1.79 bits per heavy atom. The molecule has 0 atom stereocenters. The van der Waals surface area contributed by atoms with E-state index in [2.05, 4.69) is 9.72 Å². The molecule has 1 aliphatic rings. The molecule has 3 amide bonds. The van der Waals surface area contributed by atoms with E-state index in [0.717, 1.165) is 17.0 Å². The summed E-state index contributed by atoms with van der Waals surface area (Å²) in [4.78, 5) is 31.9. The molecular formula is C18H15ClF3N3O3. The van der Waals surface area contributed by atoms with Crippen molar-refractivity contribution in [2.45, 2.75) is 32.3 Å². The lowest BCUT2D eigenvalue weighted by Gasteiger charge is -2.27. The topological polar surface area (TPSA) is 62.7 Å². The predicted octanol–water partition coefficient (Wildman–Crippen LogP) is 4.38. The summed E-state index contributed by atoms with van der Waals surface area (Å²) < 4.78 is 40.7. The lowest BCUT2D eigenvalue weighted by molar-refractivity contribution is -0.274. The highest BCUT2D eigenvalue weighted by Gasteiger charge is 2.51. The minimum Gasteiger partial charge on any atom is -0.406 e. The van der Waals surface area contributed by atoms with Crippen LogP contribution in [0.1, 0.15) is 19.4 Å². The Morgan fingerprint density at radius 3 is 2.36 bits per heavy atom. The van der Waals surface area contributed by atoms with Gasteiger partial charge in [-0.3, -0.25) is 9.78 Å². The van der Waals surface area contributed by atoms with Gasteiger partial charge in [0.25, 0.3) is 5.91 Å². The smallest absolute Gasteiger partial charge is 0.406 e. The first kappa shape index (κ1) is 19.9. The number of aromatic nitrogens is 1. The summed E-state index contributed by atoms with van der Waals surface area (Å²) in [5.41, 5.74) is -0.423. The van der Waals surface area contributed by atoms with E-state index in [0.29, 0.717) is 10.6 Å². The van der Waals surface area contributed by atoms with Crippen LogP contribution in [-0.4, -0.2) is 33.7 Å². The van der Waals surface area contributed by atoms with E-state index in [1.165, 1.54) is 29.4 Å². The zero-order valence-electron chi connectivity index (χ0n) is 14.8. The minimum absolute atomic E-state index is 0.0741. The number of nitrogens with zero attached hydrogens (tertiary/aromatic N) is 3. The van der Waals surface area contributed by atoms with Crippen molar-refractivity contribution in [3.05, 3.63) is 53.3 Å². The molecule has 1 aromatic carbocycles. The highest BCUT2D eigenvalue weighted by molar-refractivity contribution is 6.31. The third-order valence-corrected chi connectivity index (χ3v) is 4.68. The van der Waals surface area contributed by atoms with E-state index in [1.54, 1.807) is 19.9 Å². The first-order valence-corrected chi connectivity index (χ1v) is 8.49. The second-order valence-corrected chi connectivity index (χ2v) is 6.98. The molecule has 0 radical (unpaired) electrons. The number of ether oxygens (including phenoxy) is 1. The molecule has 2 heterocycles. The van der Waals surface area contributed by atoms with Crippen molar-refractivity contribution < 1.29 is 27.5 Å². The maximum Gasteiger partial charge on any atom is 0.573 e. The summed E-state index contributed by atoms with van der Waals surface area (Å²) in [5.74, 6) is -0.956. The fourth-order valence-corrected chi connectivity index (χ4v) is 3.01. The molecule has 28 heavy (non-hydrogen) atoms. The van der Waals surface area contributed by atoms with Crippen molar-refractivity contribution in [1.29, 1.82) is 0 Å². The first-order valence-electron chi connectivity index (χ1n) is 8.11. The molecule has 3 rings (SSSR count). The maximum atomic E-state index is 12.9. The molecule has 10 heteroatoms. The largest absolute Gasteiger partial charge is 0.573 e. The molecule has 6 nitrogen and oxygen atoms in total. The summed E-state index contributed by atoms with van der Waals surface area (Å²) in [6.45, 7) is 3.25. The van der Waals surface area contributed by atoms with Gasteiger partial charge in [-0.1, -0.05) is 11.6 Å². The van der Waals surface area contributed by atoms with Crippen LogP contribution in [0.4, 0.5) is 23.7 Å². The molecule has 148 valence electrons. The maximum absolute atomic E-state index is 12.9. The molecule has 0 unspecified atom stereocenters. The standard InChI is InChI=1S/C18H15ClF3N3O3/c1-17(2)15(26)25(12-3-5-13(6-4-12)28-18(20,21)22)16(27)24(17)10-11-7-8-23-9-14(11)19/h3-9H,10H2,1-2H3. The first-order chi connectivity index (χ1) is 13.0. The lowest BCUT2D eigenvalue weighted by atomic mass is 10.0. The van der Waals surface area contributed by atoms with Crippen molar-refractivity contribution in [2.75, 3.05) is 4.90 Å². The number of hydrogen-bond acceptors (Lipinski definition) is 4. The zero-order chi connectivity index (χ0) is 20.7. The van der Waals surface area contributed by atoms with Crippen LogP contribution in [0.3, 0.4) is 0 Å². The molecule has 0 bridgehead atoms. The van der Waals surface area contributed by atoms with Gasteiger partial charge in [-0.25, -0.2) is 9.69 Å². The monoisotopic (exact) mass is 413 g/mol. The Hall–Kier alpha value is -2.81. The van der Waals surface area contributed by atoms with Crippen molar-refractivity contribution >= 4 is 29.2 Å². The summed E-state index contributed by atoms with van der Waals surface area (Å²) in [6, 6.07) is 5.55. The van der Waals surface area contributed by atoms with Crippen molar-refractivity contribution in [2.24, 2.45) is 0 Å². The number of alkyl halides is 3. The Bertz CT molecular complexity index is 916. The fraction of sp³-hybridized carbons (Fsp3) is 0.278. The quantitative estimate of drug-likeness (QED) is 0.698. The number of imide groups is 1. The molecule has 1 fully saturated rings. The SMILES string of the molecule is CC1(C)C(=O)N(c2ccc(OC(F)(F)F)cc2)C(=O)N1Cc1ccncc1Cl.